The second-order valence-corrected chi connectivity index (χ2v) is 6.92. The standard InChI is InChI=1S/C13H14I2O4/c14-6-2-4-9(15)7-8-3-1-5-10(12(16)17)11(8)13(18)19/h1,3,5,9H,2,4,6-7H2,(H,16,17)(H,18,19). The molecule has 0 aliphatic rings. The molecule has 1 aromatic carbocycles. The van der Waals surface area contributed by atoms with Crippen LogP contribution in [0.4, 0.5) is 0 Å². The van der Waals surface area contributed by atoms with Crippen molar-refractivity contribution < 1.29 is 19.8 Å². The monoisotopic (exact) mass is 488 g/mol. The normalized spacial score (nSPS) is 12.1. The number of carboxylic acids is 2. The maximum atomic E-state index is 11.3. The van der Waals surface area contributed by atoms with Crippen molar-refractivity contribution in [2.75, 3.05) is 4.43 Å². The molecule has 0 radical (unpaired) electrons. The number of rotatable bonds is 7. The van der Waals surface area contributed by atoms with Crippen LogP contribution in [0.2, 0.25) is 0 Å². The first-order valence-electron chi connectivity index (χ1n) is 5.76. The van der Waals surface area contributed by atoms with E-state index in [9.17, 15) is 14.7 Å². The van der Waals surface area contributed by atoms with E-state index in [2.05, 4.69) is 45.2 Å². The van der Waals surface area contributed by atoms with Crippen molar-refractivity contribution in [1.29, 1.82) is 0 Å². The molecule has 2 N–H and O–H groups in total. The second kappa shape index (κ2) is 8.03. The molecule has 0 aliphatic carbocycles. The zero-order chi connectivity index (χ0) is 14.4. The van der Waals surface area contributed by atoms with Crippen LogP contribution in [0.3, 0.4) is 0 Å². The third-order valence-electron chi connectivity index (χ3n) is 2.69. The lowest BCUT2D eigenvalue weighted by Gasteiger charge is -2.13. The smallest absolute Gasteiger partial charge is 0.336 e. The van der Waals surface area contributed by atoms with Gasteiger partial charge in [-0.3, -0.25) is 0 Å². The van der Waals surface area contributed by atoms with Gasteiger partial charge in [-0.15, -0.1) is 0 Å². The van der Waals surface area contributed by atoms with Crippen LogP contribution in [0, 0.1) is 0 Å². The first-order chi connectivity index (χ1) is 8.97. The number of halogens is 2. The van der Waals surface area contributed by atoms with Gasteiger partial charge in [-0.2, -0.15) is 0 Å². The summed E-state index contributed by atoms with van der Waals surface area (Å²) in [5, 5.41) is 18.3. The van der Waals surface area contributed by atoms with E-state index in [0.29, 0.717) is 15.9 Å². The van der Waals surface area contributed by atoms with Gasteiger partial charge in [0.05, 0.1) is 11.1 Å². The average molecular weight is 488 g/mol. The molecule has 0 saturated heterocycles. The molecular weight excluding hydrogens is 474 g/mol. The first-order valence-corrected chi connectivity index (χ1v) is 8.53. The highest BCUT2D eigenvalue weighted by molar-refractivity contribution is 14.1. The molecule has 0 aromatic heterocycles. The summed E-state index contributed by atoms with van der Waals surface area (Å²) >= 11 is 4.60. The van der Waals surface area contributed by atoms with Crippen LogP contribution in [0.25, 0.3) is 0 Å². The van der Waals surface area contributed by atoms with Crippen LogP contribution in [0.1, 0.15) is 39.1 Å². The Morgan fingerprint density at radius 2 is 1.89 bits per heavy atom. The van der Waals surface area contributed by atoms with Crippen LogP contribution < -0.4 is 0 Å². The molecule has 0 heterocycles. The quantitative estimate of drug-likeness (QED) is 0.455. The minimum absolute atomic E-state index is 0.0776. The molecule has 1 unspecified atom stereocenters. The van der Waals surface area contributed by atoms with Gasteiger partial charge in [-0.25, -0.2) is 9.59 Å². The fourth-order valence-corrected chi connectivity index (χ4v) is 3.20. The van der Waals surface area contributed by atoms with Crippen LogP contribution >= 0.6 is 45.2 Å². The average Bonchev–Trinajstić information content (AvgIpc) is 2.35. The fourth-order valence-electron chi connectivity index (χ4n) is 1.84. The van der Waals surface area contributed by atoms with E-state index >= 15 is 0 Å². The van der Waals surface area contributed by atoms with Crippen LogP contribution in [-0.4, -0.2) is 30.5 Å². The molecule has 104 valence electrons. The maximum Gasteiger partial charge on any atom is 0.336 e. The first kappa shape index (κ1) is 16.7. The number of hydrogen-bond acceptors (Lipinski definition) is 2. The minimum Gasteiger partial charge on any atom is -0.478 e. The predicted octanol–water partition coefficient (Wildman–Crippen LogP) is 3.64. The lowest BCUT2D eigenvalue weighted by Crippen LogP contribution is -2.14. The predicted molar refractivity (Wildman–Crippen MR) is 90.0 cm³/mol. The van der Waals surface area contributed by atoms with Crippen molar-refractivity contribution in [3.8, 4) is 0 Å². The number of hydrogen-bond donors (Lipinski definition) is 2. The number of aromatic carboxylic acids is 2. The SMILES string of the molecule is O=C(O)c1cccc(CC(I)CCCI)c1C(=O)O. The van der Waals surface area contributed by atoms with E-state index in [1.54, 1.807) is 12.1 Å². The minimum atomic E-state index is -1.20. The zero-order valence-electron chi connectivity index (χ0n) is 10.1. The number of carboxylic acid groups (broad SMARTS) is 2. The maximum absolute atomic E-state index is 11.3. The van der Waals surface area contributed by atoms with Gasteiger partial charge in [-0.1, -0.05) is 57.3 Å². The fraction of sp³-hybridized carbons (Fsp3) is 0.385. The molecular formula is C13H14I2O4. The number of carbonyl (C=O) groups is 2. The summed E-state index contributed by atoms with van der Waals surface area (Å²) in [5.41, 5.74) is 0.383. The Kier molecular flexibility index (Phi) is 7.05. The third kappa shape index (κ3) is 4.90. The molecule has 0 saturated carbocycles. The lowest BCUT2D eigenvalue weighted by molar-refractivity contribution is 0.0650. The summed E-state index contributed by atoms with van der Waals surface area (Å²) < 4.78 is 1.38. The summed E-state index contributed by atoms with van der Waals surface area (Å²) in [7, 11) is 0. The molecule has 0 bridgehead atoms. The van der Waals surface area contributed by atoms with Crippen molar-refractivity contribution in [1.82, 2.24) is 0 Å². The Morgan fingerprint density at radius 3 is 2.42 bits per heavy atom. The van der Waals surface area contributed by atoms with E-state index in [4.69, 9.17) is 5.11 Å². The van der Waals surface area contributed by atoms with Gasteiger partial charge in [0.1, 0.15) is 0 Å². The number of alkyl halides is 2. The van der Waals surface area contributed by atoms with Crippen molar-refractivity contribution in [3.05, 3.63) is 34.9 Å². The van der Waals surface area contributed by atoms with Gasteiger partial charge >= 0.3 is 11.9 Å². The molecule has 1 aromatic rings. The van der Waals surface area contributed by atoms with Crippen molar-refractivity contribution in [2.24, 2.45) is 0 Å². The molecule has 19 heavy (non-hydrogen) atoms. The second-order valence-electron chi connectivity index (χ2n) is 4.08. The molecule has 4 nitrogen and oxygen atoms in total. The Bertz CT molecular complexity index is 474. The number of benzene rings is 1. The zero-order valence-corrected chi connectivity index (χ0v) is 14.4. The van der Waals surface area contributed by atoms with Gasteiger partial charge in [-0.05, 0) is 35.3 Å². The van der Waals surface area contributed by atoms with Gasteiger partial charge in [0.25, 0.3) is 0 Å². The van der Waals surface area contributed by atoms with Gasteiger partial charge in [0.2, 0.25) is 0 Å². The van der Waals surface area contributed by atoms with Gasteiger partial charge in [0.15, 0.2) is 0 Å². The molecule has 0 aliphatic heterocycles. The highest BCUT2D eigenvalue weighted by Crippen LogP contribution is 2.22. The summed E-state index contributed by atoms with van der Waals surface area (Å²) in [4.78, 5) is 22.3. The molecule has 1 rings (SSSR count). The molecule has 0 fully saturated rings. The van der Waals surface area contributed by atoms with Crippen molar-refractivity contribution in [2.45, 2.75) is 23.2 Å². The Labute approximate surface area is 138 Å². The van der Waals surface area contributed by atoms with Gasteiger partial charge < -0.3 is 10.2 Å². The summed E-state index contributed by atoms with van der Waals surface area (Å²) in [6.07, 6.45) is 2.66. The van der Waals surface area contributed by atoms with Crippen LogP contribution in [0.5, 0.6) is 0 Å². The largest absolute Gasteiger partial charge is 0.478 e. The van der Waals surface area contributed by atoms with E-state index < -0.39 is 11.9 Å². The molecule has 0 spiro atoms. The highest BCUT2D eigenvalue weighted by Gasteiger charge is 2.20. The Morgan fingerprint density at radius 1 is 1.21 bits per heavy atom. The van der Waals surface area contributed by atoms with E-state index in [0.717, 1.165) is 17.3 Å². The van der Waals surface area contributed by atoms with Crippen LogP contribution in [-0.2, 0) is 6.42 Å². The summed E-state index contributed by atoms with van der Waals surface area (Å²) in [6, 6.07) is 4.64. The molecule has 0 amide bonds. The summed E-state index contributed by atoms with van der Waals surface area (Å²) in [5.74, 6) is -2.37. The van der Waals surface area contributed by atoms with Crippen molar-refractivity contribution in [3.63, 3.8) is 0 Å². The van der Waals surface area contributed by atoms with E-state index in [1.807, 2.05) is 0 Å². The van der Waals surface area contributed by atoms with E-state index in [-0.39, 0.29) is 11.1 Å². The highest BCUT2D eigenvalue weighted by atomic mass is 127. The topological polar surface area (TPSA) is 74.6 Å². The Balaban J connectivity index is 3.03. The third-order valence-corrected chi connectivity index (χ3v) is 4.51. The van der Waals surface area contributed by atoms with Crippen molar-refractivity contribution >= 4 is 57.1 Å². The molecule has 6 heteroatoms. The lowest BCUT2D eigenvalue weighted by atomic mass is 9.97. The van der Waals surface area contributed by atoms with Crippen LogP contribution in [0.15, 0.2) is 18.2 Å². The molecule has 1 atom stereocenters. The Hall–Kier alpha value is -0.380. The summed E-state index contributed by atoms with van der Waals surface area (Å²) in [6.45, 7) is 0. The van der Waals surface area contributed by atoms with E-state index in [1.165, 1.54) is 6.07 Å². The van der Waals surface area contributed by atoms with Gasteiger partial charge in [0, 0.05) is 3.92 Å².